The number of nitrogens with zero attached hydrogens (tertiary/aromatic N) is 4. The van der Waals surface area contributed by atoms with Crippen molar-refractivity contribution in [3.8, 4) is 5.75 Å². The molecule has 0 fully saturated rings. The van der Waals surface area contributed by atoms with Crippen molar-refractivity contribution in [2.75, 3.05) is 74.7 Å². The van der Waals surface area contributed by atoms with Gasteiger partial charge in [0.15, 0.2) is 7.60 Å². The number of benzene rings is 5. The van der Waals surface area contributed by atoms with Crippen LogP contribution in [0.3, 0.4) is 0 Å². The molecule has 1 atom stereocenters. The molecule has 1 radical (unpaired) electrons. The van der Waals surface area contributed by atoms with E-state index in [2.05, 4.69) is 18.7 Å². The third kappa shape index (κ3) is 25.2. The van der Waals surface area contributed by atoms with Crippen LogP contribution in [0.2, 0.25) is 0 Å². The zero-order valence-corrected chi connectivity index (χ0v) is 73.6. The minimum Gasteiger partial charge on any atom is -0.768 e. The van der Waals surface area contributed by atoms with Crippen molar-refractivity contribution >= 4 is 237 Å². The second kappa shape index (κ2) is 38.3. The maximum absolute atomic E-state index is 12.7. The van der Waals surface area contributed by atoms with Crippen LogP contribution in [0.5, 0.6) is 5.75 Å². The first-order valence-electron chi connectivity index (χ1n) is 25.2. The number of sulfonamides is 4. The van der Waals surface area contributed by atoms with Crippen LogP contribution in [0.4, 0.5) is 5.69 Å². The van der Waals surface area contributed by atoms with Gasteiger partial charge in [-0.1, -0.05) is 72.8 Å². The molecule has 0 saturated carbocycles. The summed E-state index contributed by atoms with van der Waals surface area (Å²) in [5.74, 6) is -0.142. The summed E-state index contributed by atoms with van der Waals surface area (Å²) in [4.78, 5) is 51.2. The Morgan fingerprint density at radius 3 is 1.15 bits per heavy atom. The fourth-order valence-electron chi connectivity index (χ4n) is 7.23. The largest absolute Gasteiger partial charge is 1.00 e. The third-order valence-corrected chi connectivity index (χ3v) is 31.4. The van der Waals surface area contributed by atoms with Crippen molar-refractivity contribution < 1.29 is 178 Å². The third-order valence-electron chi connectivity index (χ3n) is 11.9. The molecule has 3 N–H and O–H groups in total. The van der Waals surface area contributed by atoms with Gasteiger partial charge in [-0.25, -0.2) is 33.7 Å². The smallest absolute Gasteiger partial charge is 0.768 e. The molecule has 0 aliphatic rings. The number of nitrogens with one attached hydrogen (secondary N) is 1. The molecule has 0 aliphatic carbocycles. The molecule has 0 saturated heterocycles. The number of carbonyl (C=O) groups excluding carboxylic acids is 1. The van der Waals surface area contributed by atoms with E-state index in [0.717, 1.165) is 117 Å². The van der Waals surface area contributed by atoms with Crippen molar-refractivity contribution in [1.29, 1.82) is 0 Å². The molecule has 4 aromatic heterocycles. The Hall–Kier alpha value is -1.05. The van der Waals surface area contributed by atoms with E-state index in [1.807, 2.05) is 48.5 Å². The molecule has 0 amide bonds. The van der Waals surface area contributed by atoms with Gasteiger partial charge in [-0.3, -0.25) is 33.2 Å². The van der Waals surface area contributed by atoms with E-state index in [9.17, 15) is 66.9 Å². The van der Waals surface area contributed by atoms with Crippen LogP contribution in [0, 0.1) is 10.1 Å². The zero-order chi connectivity index (χ0) is 68.7. The molecule has 44 heteroatoms. The molecule has 503 valence electrons. The molecule has 4 heterocycles. The topological polar surface area (TPSA) is 429 Å². The second-order valence-electron chi connectivity index (χ2n) is 18.2. The van der Waals surface area contributed by atoms with E-state index in [4.69, 9.17) is 33.4 Å². The van der Waals surface area contributed by atoms with Crippen LogP contribution in [-0.4, -0.2) is 211 Å². The van der Waals surface area contributed by atoms with Gasteiger partial charge in [-0.05, 0) is 82.2 Å². The van der Waals surface area contributed by atoms with Crippen LogP contribution >= 0.6 is 75.7 Å². The van der Waals surface area contributed by atoms with Gasteiger partial charge in [-0.2, -0.15) is 17.6 Å². The Morgan fingerprint density at radius 1 is 0.532 bits per heavy atom. The van der Waals surface area contributed by atoms with Crippen LogP contribution in [0.15, 0.2) is 162 Å². The predicted molar refractivity (Wildman–Crippen MR) is 351 cm³/mol. The van der Waals surface area contributed by atoms with Crippen LogP contribution in [0.1, 0.15) is 0 Å². The van der Waals surface area contributed by atoms with Crippen molar-refractivity contribution in [1.82, 2.24) is 17.6 Å². The Bertz CT molecular complexity index is 4560. The van der Waals surface area contributed by atoms with Crippen molar-refractivity contribution in [2.45, 2.75) is 16.8 Å². The fraction of sp³-hybridized carbons (Fsp3) is 0.220. The number of nitro groups is 1. The first kappa shape index (κ1) is 87.2. The SMILES string of the molecule is CN(CP(=O)(O)O)S(=O)(=O)c1cc2ccccc2s1.CN(CP(=O)([O-])Oc1ccc([N+](=O)[O-])cc1)S(=O)(=O)c1cc2ccccc2s1.COP(=O)(CN(C)S(=O)(=O)c1cc2ccccc2s1)OC.COP(=O)(CNS(=O)(=O)c1cc2ccccc2s1)OC.O=CO[O-].[Cs+].[Cs]. The average molecular weight is 1770 g/mol. The number of nitro benzene ring substituents is 1. The van der Waals surface area contributed by atoms with Crippen molar-refractivity contribution in [3.05, 3.63) is 156 Å². The molecule has 94 heavy (non-hydrogen) atoms. The van der Waals surface area contributed by atoms with Gasteiger partial charge in [0.05, 0.1) is 11.2 Å². The predicted octanol–water partition coefficient (Wildman–Crippen LogP) is 5.32. The molecular weight excluding hydrogens is 1720 g/mol. The number of hydrogen-bond acceptors (Lipinski definition) is 27. The van der Waals surface area contributed by atoms with Gasteiger partial charge in [0.25, 0.3) is 52.3 Å². The number of carbonyl (C=O) groups is 1. The van der Waals surface area contributed by atoms with E-state index >= 15 is 0 Å². The molecule has 9 rings (SSSR count). The monoisotopic (exact) mass is 1770 g/mol. The number of rotatable bonds is 24. The maximum Gasteiger partial charge on any atom is 1.00 e. The Balaban J connectivity index is 0.000000322. The summed E-state index contributed by atoms with van der Waals surface area (Å²) in [6.45, 7) is -0.181. The number of thiophene rings is 4. The standard InChI is InChI=1S/C16H15N2O7PS2.C12H16NO5PS2.C11H14NO5PS2.C10H12NO5PS2.CH2O3.2Cs/c1-17(28(23,24)16-10-12-4-2-3-5-15(12)27-16)11-26(21,22)25-14-8-6-13(7-9-14)18(19)20;1-13(9-19(14,17-2)18-3)21(15,16)12-8-10-6-4-5-7-11(10)20-12;1-16-18(13,17-2)8-12-20(14,15)11-7-9-5-3-4-6-10(9)19-11;1-11(7-17(12,13)14)19(15,16)10-6-8-4-2-3-5-9(8)18-10;2-1-4-3;;/h2-10H,11H2,1H3,(H,21,22);4-8H,9H2,1-3H3;3-7,12H,8H2,1-2H3;2-6H,7H2,1H3,(H2,12,13,14);1,3H;;/q;;;;;;+1/p-2. The number of hydrogen-bond donors (Lipinski definition) is 3. The van der Waals surface area contributed by atoms with Gasteiger partial charge in [0, 0.05) is 149 Å². The Labute approximate surface area is 674 Å². The molecule has 0 spiro atoms. The second-order valence-corrected chi connectivity index (χ2v) is 39.2. The average Bonchev–Trinajstić information content (AvgIpc) is 1.62. The van der Waals surface area contributed by atoms with Gasteiger partial charge in [-0.15, -0.1) is 45.3 Å². The van der Waals surface area contributed by atoms with Gasteiger partial charge >= 0.3 is 91.7 Å². The molecule has 0 bridgehead atoms. The molecule has 30 nitrogen and oxygen atoms in total. The van der Waals surface area contributed by atoms with Gasteiger partial charge in [0.1, 0.15) is 41.4 Å². The minimum atomic E-state index is -4.63. The van der Waals surface area contributed by atoms with Crippen LogP contribution < -0.4 is 88.3 Å². The normalized spacial score (nSPS) is 12.8. The summed E-state index contributed by atoms with van der Waals surface area (Å²) >= 11 is 4.44. The summed E-state index contributed by atoms with van der Waals surface area (Å²) in [7, 11) is -22.8. The van der Waals surface area contributed by atoms with E-state index in [0.29, 0.717) is 8.61 Å². The minimum absolute atomic E-state index is 0. The maximum atomic E-state index is 12.7. The summed E-state index contributed by atoms with van der Waals surface area (Å²) in [6, 6.07) is 39.6. The quantitative estimate of drug-likeness (QED) is 0.0226. The first-order chi connectivity index (χ1) is 42.9. The molecule has 1 unspecified atom stereocenters. The first-order valence-corrected chi connectivity index (χ1v) is 41.2. The van der Waals surface area contributed by atoms with Crippen LogP contribution in [-0.2, 0) is 86.1 Å². The van der Waals surface area contributed by atoms with Crippen LogP contribution in [0.25, 0.3) is 40.3 Å². The van der Waals surface area contributed by atoms with E-state index in [1.165, 1.54) is 59.0 Å². The number of fused-ring (bicyclic) bond motifs is 4. The molecule has 0 aliphatic heterocycles. The van der Waals surface area contributed by atoms with Gasteiger partial charge < -0.3 is 47.4 Å². The zero-order valence-electron chi connectivity index (χ0n) is 50.9. The van der Waals surface area contributed by atoms with E-state index < -0.39 is 94.3 Å². The molecular formula is C50H57Cs2N5O25P4S8-. The summed E-state index contributed by atoms with van der Waals surface area (Å²) < 4.78 is 178. The molecule has 5 aromatic carbocycles. The fourth-order valence-corrected chi connectivity index (χ4v) is 23.9. The van der Waals surface area contributed by atoms with Gasteiger partial charge in [0.2, 0.25) is 0 Å². The number of non-ortho nitro benzene ring substituents is 1. The Kier molecular flexibility index (Phi) is 35.5. The van der Waals surface area contributed by atoms with Crippen molar-refractivity contribution in [2.24, 2.45) is 0 Å². The Morgan fingerprint density at radius 2 is 0.840 bits per heavy atom. The van der Waals surface area contributed by atoms with E-state index in [1.54, 1.807) is 60.7 Å². The van der Waals surface area contributed by atoms with Crippen molar-refractivity contribution in [3.63, 3.8) is 0 Å². The molecule has 9 aromatic rings. The summed E-state index contributed by atoms with van der Waals surface area (Å²) in [6.07, 6.45) is -2.46. The van der Waals surface area contributed by atoms with E-state index in [-0.39, 0.29) is 179 Å². The summed E-state index contributed by atoms with van der Waals surface area (Å²) in [5.41, 5.74) is -0.225. The summed E-state index contributed by atoms with van der Waals surface area (Å²) in [5, 5.41) is 22.3.